The topological polar surface area (TPSA) is 35.5 Å². The van der Waals surface area contributed by atoms with Crippen molar-refractivity contribution in [3.63, 3.8) is 0 Å². The fourth-order valence-electron chi connectivity index (χ4n) is 3.38. The van der Waals surface area contributed by atoms with Gasteiger partial charge in [-0.2, -0.15) is 0 Å². The standard InChI is InChI=1S/C23H30O3Si/c1-23(2,3)27(20-14-8-5-9-15-20,21-16-10-6-11-17-21)26-19-13-7-12-18-22(24)25-4/h5-6,8-11,13-17,19H,7,12,18H2,1-4H3/b19-13-. The van der Waals surface area contributed by atoms with E-state index in [2.05, 4.69) is 74.0 Å². The lowest BCUT2D eigenvalue weighted by molar-refractivity contribution is -0.140. The summed E-state index contributed by atoms with van der Waals surface area (Å²) in [6.07, 6.45) is 5.83. The van der Waals surface area contributed by atoms with Crippen LogP contribution in [0.15, 0.2) is 73.0 Å². The molecule has 3 nitrogen and oxygen atoms in total. The van der Waals surface area contributed by atoms with Crippen LogP contribution in [0.25, 0.3) is 0 Å². The summed E-state index contributed by atoms with van der Waals surface area (Å²) >= 11 is 0. The van der Waals surface area contributed by atoms with Crippen LogP contribution in [0, 0.1) is 0 Å². The molecule has 0 fully saturated rings. The van der Waals surface area contributed by atoms with Gasteiger partial charge in [0.1, 0.15) is 0 Å². The summed E-state index contributed by atoms with van der Waals surface area (Å²) in [4.78, 5) is 11.2. The number of rotatable bonds is 8. The molecular weight excluding hydrogens is 352 g/mol. The van der Waals surface area contributed by atoms with Gasteiger partial charge in [-0.15, -0.1) is 0 Å². The molecule has 0 N–H and O–H groups in total. The number of hydrogen-bond acceptors (Lipinski definition) is 3. The zero-order valence-electron chi connectivity index (χ0n) is 16.8. The van der Waals surface area contributed by atoms with Gasteiger partial charge in [0, 0.05) is 6.42 Å². The van der Waals surface area contributed by atoms with Crippen LogP contribution >= 0.6 is 0 Å². The molecule has 2 aromatic carbocycles. The number of unbranched alkanes of at least 4 members (excludes halogenated alkanes) is 1. The highest BCUT2D eigenvalue weighted by Crippen LogP contribution is 2.36. The van der Waals surface area contributed by atoms with Crippen molar-refractivity contribution in [2.75, 3.05) is 7.11 Å². The first kappa shape index (κ1) is 21.0. The number of esters is 1. The van der Waals surface area contributed by atoms with E-state index < -0.39 is 8.32 Å². The second-order valence-electron chi connectivity index (χ2n) is 7.62. The Morgan fingerprint density at radius 2 is 1.48 bits per heavy atom. The number of methoxy groups -OCH3 is 1. The van der Waals surface area contributed by atoms with Gasteiger partial charge in [0.25, 0.3) is 0 Å². The minimum atomic E-state index is -2.52. The van der Waals surface area contributed by atoms with E-state index in [1.165, 1.54) is 17.5 Å². The third-order valence-corrected chi connectivity index (χ3v) is 9.63. The van der Waals surface area contributed by atoms with E-state index >= 15 is 0 Å². The van der Waals surface area contributed by atoms with Crippen molar-refractivity contribution in [2.45, 2.75) is 45.1 Å². The van der Waals surface area contributed by atoms with Crippen LogP contribution in [0.5, 0.6) is 0 Å². The monoisotopic (exact) mass is 382 g/mol. The predicted octanol–water partition coefficient (Wildman–Crippen LogP) is 4.42. The third kappa shape index (κ3) is 5.10. The van der Waals surface area contributed by atoms with Crippen LogP contribution < -0.4 is 10.4 Å². The van der Waals surface area contributed by atoms with Crippen LogP contribution in [0.2, 0.25) is 5.04 Å². The van der Waals surface area contributed by atoms with Crippen LogP contribution in [-0.2, 0) is 14.0 Å². The molecule has 0 unspecified atom stereocenters. The van der Waals surface area contributed by atoms with Crippen molar-refractivity contribution in [1.29, 1.82) is 0 Å². The highest BCUT2D eigenvalue weighted by molar-refractivity contribution is 6.99. The molecule has 0 aliphatic carbocycles. The zero-order valence-corrected chi connectivity index (χ0v) is 17.8. The second kappa shape index (κ2) is 9.56. The van der Waals surface area contributed by atoms with Gasteiger partial charge in [-0.25, -0.2) is 0 Å². The van der Waals surface area contributed by atoms with Crippen LogP contribution in [0.4, 0.5) is 0 Å². The maximum Gasteiger partial charge on any atom is 0.319 e. The van der Waals surface area contributed by atoms with E-state index in [-0.39, 0.29) is 11.0 Å². The Morgan fingerprint density at radius 3 is 1.93 bits per heavy atom. The highest BCUT2D eigenvalue weighted by Gasteiger charge is 2.51. The van der Waals surface area contributed by atoms with E-state index in [9.17, 15) is 4.79 Å². The minimum Gasteiger partial charge on any atom is -0.540 e. The summed E-state index contributed by atoms with van der Waals surface area (Å²) in [5.41, 5.74) is 0. The molecule has 0 bridgehead atoms. The molecule has 2 rings (SSSR count). The van der Waals surface area contributed by atoms with E-state index in [1.807, 2.05) is 24.5 Å². The van der Waals surface area contributed by atoms with Crippen molar-refractivity contribution >= 4 is 24.7 Å². The molecule has 0 atom stereocenters. The molecule has 0 aromatic heterocycles. The molecule has 0 heterocycles. The quantitative estimate of drug-likeness (QED) is 0.293. The molecule has 27 heavy (non-hydrogen) atoms. The molecule has 0 aliphatic rings. The molecule has 0 saturated heterocycles. The maximum absolute atomic E-state index is 11.2. The molecular formula is C23H30O3Si. The van der Waals surface area contributed by atoms with Crippen molar-refractivity contribution in [2.24, 2.45) is 0 Å². The average Bonchev–Trinajstić information content (AvgIpc) is 2.67. The van der Waals surface area contributed by atoms with Gasteiger partial charge in [0.2, 0.25) is 0 Å². The van der Waals surface area contributed by atoms with E-state index in [0.717, 1.165) is 12.8 Å². The van der Waals surface area contributed by atoms with E-state index in [4.69, 9.17) is 4.43 Å². The summed E-state index contributed by atoms with van der Waals surface area (Å²) in [5.74, 6) is -0.170. The molecule has 144 valence electrons. The number of benzene rings is 2. The van der Waals surface area contributed by atoms with Crippen molar-refractivity contribution < 1.29 is 14.0 Å². The Balaban J connectivity index is 2.31. The van der Waals surface area contributed by atoms with Crippen molar-refractivity contribution in [1.82, 2.24) is 0 Å². The SMILES string of the molecule is COC(=O)CCC/C=C\O[Si](c1ccccc1)(c1ccccc1)C(C)(C)C. The normalized spacial score (nSPS) is 12.1. The van der Waals surface area contributed by atoms with Gasteiger partial charge >= 0.3 is 14.3 Å². The first-order chi connectivity index (χ1) is 12.9. The number of allylic oxidation sites excluding steroid dienone is 1. The Hall–Kier alpha value is -2.33. The van der Waals surface area contributed by atoms with Crippen LogP contribution in [-0.4, -0.2) is 21.4 Å². The molecule has 0 amide bonds. The first-order valence-electron chi connectivity index (χ1n) is 9.42. The summed E-state index contributed by atoms with van der Waals surface area (Å²) in [6, 6.07) is 21.1. The Bertz CT molecular complexity index is 694. The van der Waals surface area contributed by atoms with Gasteiger partial charge in [-0.1, -0.05) is 87.5 Å². The maximum atomic E-state index is 11.2. The summed E-state index contributed by atoms with van der Waals surface area (Å²) in [6.45, 7) is 6.76. The van der Waals surface area contributed by atoms with Gasteiger partial charge in [0.15, 0.2) is 0 Å². The Morgan fingerprint density at radius 1 is 0.963 bits per heavy atom. The van der Waals surface area contributed by atoms with E-state index in [0.29, 0.717) is 6.42 Å². The summed E-state index contributed by atoms with van der Waals surface area (Å²) < 4.78 is 11.3. The highest BCUT2D eigenvalue weighted by atomic mass is 28.4. The number of carbonyl (C=O) groups is 1. The molecule has 0 spiro atoms. The van der Waals surface area contributed by atoms with Gasteiger partial charge in [-0.05, 0) is 28.3 Å². The number of hydrogen-bond donors (Lipinski definition) is 0. The van der Waals surface area contributed by atoms with Gasteiger partial charge in [-0.3, -0.25) is 4.79 Å². The number of ether oxygens (including phenoxy) is 1. The Kier molecular flexibility index (Phi) is 7.42. The zero-order chi connectivity index (χ0) is 19.8. The fraction of sp³-hybridized carbons (Fsp3) is 0.348. The third-order valence-electron chi connectivity index (χ3n) is 4.74. The van der Waals surface area contributed by atoms with Crippen molar-refractivity contribution in [3.05, 3.63) is 73.0 Å². The molecule has 0 aliphatic heterocycles. The van der Waals surface area contributed by atoms with Gasteiger partial charge < -0.3 is 9.16 Å². The molecule has 0 radical (unpaired) electrons. The number of carbonyl (C=O) groups excluding carboxylic acids is 1. The molecule has 4 heteroatoms. The lowest BCUT2D eigenvalue weighted by Crippen LogP contribution is -2.65. The molecule has 2 aromatic rings. The lowest BCUT2D eigenvalue weighted by atomic mass is 10.2. The largest absolute Gasteiger partial charge is 0.540 e. The fourth-order valence-corrected chi connectivity index (χ4v) is 7.69. The second-order valence-corrected chi connectivity index (χ2v) is 11.9. The Labute approximate surface area is 164 Å². The van der Waals surface area contributed by atoms with Crippen molar-refractivity contribution in [3.8, 4) is 0 Å². The van der Waals surface area contributed by atoms with Crippen LogP contribution in [0.3, 0.4) is 0 Å². The van der Waals surface area contributed by atoms with Gasteiger partial charge in [0.05, 0.1) is 13.4 Å². The minimum absolute atomic E-state index is 0.0495. The summed E-state index contributed by atoms with van der Waals surface area (Å²) in [7, 11) is -1.10. The predicted molar refractivity (Wildman–Crippen MR) is 114 cm³/mol. The molecule has 0 saturated carbocycles. The smallest absolute Gasteiger partial charge is 0.319 e. The first-order valence-corrected chi connectivity index (χ1v) is 11.3. The average molecular weight is 383 g/mol. The summed E-state index contributed by atoms with van der Waals surface area (Å²) in [5, 5.41) is 2.46. The van der Waals surface area contributed by atoms with Crippen LogP contribution in [0.1, 0.15) is 40.0 Å². The lowest BCUT2D eigenvalue weighted by Gasteiger charge is -2.41. The van der Waals surface area contributed by atoms with E-state index in [1.54, 1.807) is 0 Å².